The van der Waals surface area contributed by atoms with E-state index in [1.165, 1.54) is 24.9 Å². The maximum Gasteiger partial charge on any atom is 0.119 e. The predicted molar refractivity (Wildman–Crippen MR) is 84.0 cm³/mol. The summed E-state index contributed by atoms with van der Waals surface area (Å²) in [6, 6.07) is 8.35. The van der Waals surface area contributed by atoms with E-state index in [4.69, 9.17) is 10.5 Å². The van der Waals surface area contributed by atoms with Crippen molar-refractivity contribution in [3.63, 3.8) is 0 Å². The number of ether oxygens (including phenoxy) is 1. The Morgan fingerprint density at radius 1 is 1.25 bits per heavy atom. The molecule has 3 nitrogen and oxygen atoms in total. The van der Waals surface area contributed by atoms with Crippen LogP contribution in [0.4, 0.5) is 0 Å². The van der Waals surface area contributed by atoms with Crippen LogP contribution >= 0.6 is 0 Å². The van der Waals surface area contributed by atoms with Gasteiger partial charge in [-0.3, -0.25) is 0 Å². The van der Waals surface area contributed by atoms with Crippen molar-refractivity contribution in [2.24, 2.45) is 11.7 Å². The van der Waals surface area contributed by atoms with Gasteiger partial charge in [-0.1, -0.05) is 26.0 Å². The SMILES string of the molecule is CCCOc1ccc(C(N)CN(CC)CC2CC2)cc1. The summed E-state index contributed by atoms with van der Waals surface area (Å²) in [5.74, 6) is 1.86. The third-order valence-corrected chi connectivity index (χ3v) is 3.90. The molecule has 112 valence electrons. The first kappa shape index (κ1) is 15.3. The van der Waals surface area contributed by atoms with E-state index in [1.54, 1.807) is 0 Å². The Labute approximate surface area is 123 Å². The molecule has 0 radical (unpaired) electrons. The second kappa shape index (κ2) is 7.65. The highest BCUT2D eigenvalue weighted by molar-refractivity contribution is 5.29. The van der Waals surface area contributed by atoms with Gasteiger partial charge in [-0.15, -0.1) is 0 Å². The maximum absolute atomic E-state index is 6.34. The molecule has 20 heavy (non-hydrogen) atoms. The van der Waals surface area contributed by atoms with Crippen molar-refractivity contribution in [2.75, 3.05) is 26.2 Å². The molecule has 0 heterocycles. The molecule has 2 N–H and O–H groups in total. The molecule has 0 bridgehead atoms. The van der Waals surface area contributed by atoms with Crippen molar-refractivity contribution in [2.45, 2.75) is 39.2 Å². The van der Waals surface area contributed by atoms with Crippen LogP contribution in [0.5, 0.6) is 5.75 Å². The first-order valence-corrected chi connectivity index (χ1v) is 7.93. The standard InChI is InChI=1S/C17H28N2O/c1-3-11-20-16-9-7-15(8-10-16)17(18)13-19(4-2)12-14-5-6-14/h7-10,14,17H,3-6,11-13,18H2,1-2H3. The molecule has 1 aliphatic carbocycles. The molecule has 1 aromatic rings. The molecule has 2 rings (SSSR count). The van der Waals surface area contributed by atoms with Crippen molar-refractivity contribution < 1.29 is 4.74 Å². The normalized spacial score (nSPS) is 16.4. The predicted octanol–water partition coefficient (Wildman–Crippen LogP) is 3.21. The van der Waals surface area contributed by atoms with Gasteiger partial charge in [-0.2, -0.15) is 0 Å². The van der Waals surface area contributed by atoms with E-state index in [1.807, 2.05) is 12.1 Å². The van der Waals surface area contributed by atoms with Crippen molar-refractivity contribution in [3.05, 3.63) is 29.8 Å². The Kier molecular flexibility index (Phi) is 5.86. The van der Waals surface area contributed by atoms with E-state index >= 15 is 0 Å². The lowest BCUT2D eigenvalue weighted by Gasteiger charge is -2.24. The Morgan fingerprint density at radius 3 is 2.50 bits per heavy atom. The molecule has 1 saturated carbocycles. The zero-order chi connectivity index (χ0) is 14.4. The van der Waals surface area contributed by atoms with E-state index in [0.717, 1.165) is 37.8 Å². The summed E-state index contributed by atoms with van der Waals surface area (Å²) in [5, 5.41) is 0. The van der Waals surface area contributed by atoms with Crippen LogP contribution in [0.2, 0.25) is 0 Å². The monoisotopic (exact) mass is 276 g/mol. The third kappa shape index (κ3) is 4.80. The molecular weight excluding hydrogens is 248 g/mol. The Hall–Kier alpha value is -1.06. The molecule has 1 atom stereocenters. The zero-order valence-corrected chi connectivity index (χ0v) is 12.8. The highest BCUT2D eigenvalue weighted by Gasteiger charge is 2.24. The highest BCUT2D eigenvalue weighted by atomic mass is 16.5. The summed E-state index contributed by atoms with van der Waals surface area (Å²) >= 11 is 0. The van der Waals surface area contributed by atoms with Gasteiger partial charge in [0.2, 0.25) is 0 Å². The minimum atomic E-state index is 0.0916. The molecule has 0 aromatic heterocycles. The number of benzene rings is 1. The number of nitrogens with zero attached hydrogens (tertiary/aromatic N) is 1. The van der Waals surface area contributed by atoms with Gasteiger partial charge in [0.25, 0.3) is 0 Å². The summed E-state index contributed by atoms with van der Waals surface area (Å²) in [7, 11) is 0. The fourth-order valence-electron chi connectivity index (χ4n) is 2.41. The molecule has 0 spiro atoms. The van der Waals surface area contributed by atoms with Crippen molar-refractivity contribution in [3.8, 4) is 5.75 Å². The van der Waals surface area contributed by atoms with Gasteiger partial charge in [0, 0.05) is 19.1 Å². The average Bonchev–Trinajstić information content (AvgIpc) is 3.28. The zero-order valence-electron chi connectivity index (χ0n) is 12.8. The van der Waals surface area contributed by atoms with Crippen LogP contribution in [0, 0.1) is 5.92 Å². The average molecular weight is 276 g/mol. The number of hydrogen-bond acceptors (Lipinski definition) is 3. The van der Waals surface area contributed by atoms with Gasteiger partial charge in [0.1, 0.15) is 5.75 Å². The van der Waals surface area contributed by atoms with E-state index in [2.05, 4.69) is 30.9 Å². The van der Waals surface area contributed by atoms with Crippen LogP contribution in [-0.4, -0.2) is 31.1 Å². The summed E-state index contributed by atoms with van der Waals surface area (Å²) in [6.07, 6.45) is 3.83. The number of hydrogen-bond donors (Lipinski definition) is 1. The summed E-state index contributed by atoms with van der Waals surface area (Å²) in [4.78, 5) is 2.48. The second-order valence-corrected chi connectivity index (χ2v) is 5.82. The van der Waals surface area contributed by atoms with Gasteiger partial charge in [0.15, 0.2) is 0 Å². The highest BCUT2D eigenvalue weighted by Crippen LogP contribution is 2.30. The molecule has 0 amide bonds. The molecule has 3 heteroatoms. The first-order chi connectivity index (χ1) is 9.72. The molecular formula is C17H28N2O. The van der Waals surface area contributed by atoms with E-state index in [0.29, 0.717) is 0 Å². The summed E-state index contributed by atoms with van der Waals surface area (Å²) < 4.78 is 5.60. The molecule has 0 saturated heterocycles. The van der Waals surface area contributed by atoms with Crippen LogP contribution in [0.25, 0.3) is 0 Å². The van der Waals surface area contributed by atoms with Crippen LogP contribution in [0.3, 0.4) is 0 Å². The number of nitrogens with two attached hydrogens (primary N) is 1. The molecule has 1 aliphatic rings. The Morgan fingerprint density at radius 2 is 1.95 bits per heavy atom. The minimum Gasteiger partial charge on any atom is -0.494 e. The minimum absolute atomic E-state index is 0.0916. The number of rotatable bonds is 9. The number of likely N-dealkylation sites (N-methyl/N-ethyl adjacent to an activating group) is 1. The summed E-state index contributed by atoms with van der Waals surface area (Å²) in [5.41, 5.74) is 7.53. The van der Waals surface area contributed by atoms with Crippen LogP contribution < -0.4 is 10.5 Å². The van der Waals surface area contributed by atoms with Gasteiger partial charge < -0.3 is 15.4 Å². The summed E-state index contributed by atoms with van der Waals surface area (Å²) in [6.45, 7) is 8.35. The smallest absolute Gasteiger partial charge is 0.119 e. The van der Waals surface area contributed by atoms with Crippen LogP contribution in [0.1, 0.15) is 44.7 Å². The van der Waals surface area contributed by atoms with Gasteiger partial charge in [0.05, 0.1) is 6.61 Å². The van der Waals surface area contributed by atoms with Crippen LogP contribution in [0.15, 0.2) is 24.3 Å². The Bertz CT molecular complexity index is 386. The van der Waals surface area contributed by atoms with E-state index < -0.39 is 0 Å². The lowest BCUT2D eigenvalue weighted by atomic mass is 10.1. The van der Waals surface area contributed by atoms with Crippen molar-refractivity contribution >= 4 is 0 Å². The topological polar surface area (TPSA) is 38.5 Å². The third-order valence-electron chi connectivity index (χ3n) is 3.90. The largest absolute Gasteiger partial charge is 0.494 e. The maximum atomic E-state index is 6.34. The van der Waals surface area contributed by atoms with Gasteiger partial charge in [-0.25, -0.2) is 0 Å². The quantitative estimate of drug-likeness (QED) is 0.752. The van der Waals surface area contributed by atoms with Crippen molar-refractivity contribution in [1.29, 1.82) is 0 Å². The lowest BCUT2D eigenvalue weighted by Crippen LogP contribution is -2.33. The first-order valence-electron chi connectivity index (χ1n) is 7.93. The molecule has 1 unspecified atom stereocenters. The van der Waals surface area contributed by atoms with E-state index in [9.17, 15) is 0 Å². The Balaban J connectivity index is 1.85. The molecule has 1 aromatic carbocycles. The lowest BCUT2D eigenvalue weighted by molar-refractivity contribution is 0.260. The fraction of sp³-hybridized carbons (Fsp3) is 0.647. The van der Waals surface area contributed by atoms with Gasteiger partial charge in [-0.05, 0) is 49.4 Å². The van der Waals surface area contributed by atoms with Crippen molar-refractivity contribution in [1.82, 2.24) is 4.90 Å². The molecule has 0 aliphatic heterocycles. The van der Waals surface area contributed by atoms with Crippen LogP contribution in [-0.2, 0) is 0 Å². The van der Waals surface area contributed by atoms with E-state index in [-0.39, 0.29) is 6.04 Å². The van der Waals surface area contributed by atoms with Gasteiger partial charge >= 0.3 is 0 Å². The fourth-order valence-corrected chi connectivity index (χ4v) is 2.41. The molecule has 1 fully saturated rings. The second-order valence-electron chi connectivity index (χ2n) is 5.82.